The lowest BCUT2D eigenvalue weighted by molar-refractivity contribution is -0.123. The third-order valence-corrected chi connectivity index (χ3v) is 5.28. The van der Waals surface area contributed by atoms with Gasteiger partial charge in [0.1, 0.15) is 0 Å². The first-order valence-electron chi connectivity index (χ1n) is 8.96. The molecule has 1 heterocycles. The van der Waals surface area contributed by atoms with Crippen molar-refractivity contribution in [2.24, 2.45) is 0 Å². The molecule has 0 aromatic heterocycles. The second-order valence-electron chi connectivity index (χ2n) is 6.94. The van der Waals surface area contributed by atoms with Crippen LogP contribution >= 0.6 is 0 Å². The van der Waals surface area contributed by atoms with Crippen molar-refractivity contribution in [1.29, 1.82) is 0 Å². The summed E-state index contributed by atoms with van der Waals surface area (Å²) in [4.78, 5) is 14.8. The zero-order valence-corrected chi connectivity index (χ0v) is 14.0. The first-order chi connectivity index (χ1) is 11.8. The Morgan fingerprint density at radius 3 is 2.62 bits per heavy atom. The molecular weight excluding hydrogens is 296 g/mol. The smallest absolute Gasteiger partial charge is 0.234 e. The highest BCUT2D eigenvalue weighted by molar-refractivity contribution is 5.78. The van der Waals surface area contributed by atoms with Gasteiger partial charge in [-0.05, 0) is 47.9 Å². The summed E-state index contributed by atoms with van der Waals surface area (Å²) in [7, 11) is 0. The van der Waals surface area contributed by atoms with Gasteiger partial charge in [-0.3, -0.25) is 9.69 Å². The molecule has 124 valence electrons. The van der Waals surface area contributed by atoms with Crippen LogP contribution < -0.4 is 5.32 Å². The number of carbonyl (C=O) groups is 1. The Hall–Kier alpha value is -2.13. The van der Waals surface area contributed by atoms with Crippen molar-refractivity contribution in [2.45, 2.75) is 38.3 Å². The van der Waals surface area contributed by atoms with Crippen molar-refractivity contribution >= 4 is 5.91 Å². The van der Waals surface area contributed by atoms with Crippen LogP contribution in [0.3, 0.4) is 0 Å². The standard InChI is InChI=1S/C21H24N2O/c24-21(15-23-13-12-16-6-1-2-8-18(16)14-23)22-20-11-5-9-17-7-3-4-10-19(17)20/h1-4,6-8,10,20H,5,9,11-15H2,(H,22,24). The van der Waals surface area contributed by atoms with E-state index < -0.39 is 0 Å². The number of amides is 1. The average Bonchev–Trinajstić information content (AvgIpc) is 2.62. The monoisotopic (exact) mass is 320 g/mol. The summed E-state index contributed by atoms with van der Waals surface area (Å²) >= 11 is 0. The number of carbonyl (C=O) groups excluding carboxylic acids is 1. The summed E-state index contributed by atoms with van der Waals surface area (Å²) in [5, 5.41) is 3.27. The minimum Gasteiger partial charge on any atom is -0.348 e. The SMILES string of the molecule is O=C(CN1CCc2ccccc2C1)NC1CCCc2ccccc21. The molecular formula is C21H24N2O. The quantitative estimate of drug-likeness (QED) is 0.941. The van der Waals surface area contributed by atoms with E-state index in [2.05, 4.69) is 58.7 Å². The molecule has 1 unspecified atom stereocenters. The van der Waals surface area contributed by atoms with Gasteiger partial charge in [-0.15, -0.1) is 0 Å². The van der Waals surface area contributed by atoms with Crippen LogP contribution in [0, 0.1) is 0 Å². The maximum Gasteiger partial charge on any atom is 0.234 e. The lowest BCUT2D eigenvalue weighted by Crippen LogP contribution is -2.41. The number of hydrogen-bond donors (Lipinski definition) is 1. The van der Waals surface area contributed by atoms with Crippen LogP contribution in [-0.2, 0) is 24.2 Å². The number of rotatable bonds is 3. The fraction of sp³-hybridized carbons (Fsp3) is 0.381. The lowest BCUT2D eigenvalue weighted by atomic mass is 9.88. The minimum atomic E-state index is 0.149. The van der Waals surface area contributed by atoms with Gasteiger partial charge in [-0.1, -0.05) is 48.5 Å². The predicted molar refractivity (Wildman–Crippen MR) is 95.7 cm³/mol. The van der Waals surface area contributed by atoms with E-state index >= 15 is 0 Å². The Morgan fingerprint density at radius 1 is 1.00 bits per heavy atom. The second kappa shape index (κ2) is 6.78. The summed E-state index contributed by atoms with van der Waals surface area (Å²) in [6, 6.07) is 17.3. The van der Waals surface area contributed by atoms with Gasteiger partial charge in [-0.2, -0.15) is 0 Å². The summed E-state index contributed by atoms with van der Waals surface area (Å²) in [5.74, 6) is 0.149. The normalized spacial score (nSPS) is 20.1. The minimum absolute atomic E-state index is 0.149. The maximum absolute atomic E-state index is 12.5. The van der Waals surface area contributed by atoms with Gasteiger partial charge in [0, 0.05) is 13.1 Å². The van der Waals surface area contributed by atoms with Crippen LogP contribution in [0.4, 0.5) is 0 Å². The Kier molecular flexibility index (Phi) is 4.35. The molecule has 0 bridgehead atoms. The van der Waals surface area contributed by atoms with E-state index in [0.717, 1.165) is 38.8 Å². The second-order valence-corrected chi connectivity index (χ2v) is 6.94. The van der Waals surface area contributed by atoms with E-state index in [9.17, 15) is 4.79 Å². The van der Waals surface area contributed by atoms with Crippen LogP contribution in [0.5, 0.6) is 0 Å². The highest BCUT2D eigenvalue weighted by Crippen LogP contribution is 2.29. The lowest BCUT2D eigenvalue weighted by Gasteiger charge is -2.30. The molecule has 1 atom stereocenters. The van der Waals surface area contributed by atoms with Gasteiger partial charge in [-0.25, -0.2) is 0 Å². The van der Waals surface area contributed by atoms with Crippen LogP contribution in [0.2, 0.25) is 0 Å². The molecule has 3 heteroatoms. The van der Waals surface area contributed by atoms with Gasteiger partial charge < -0.3 is 5.32 Å². The van der Waals surface area contributed by atoms with E-state index in [1.165, 1.54) is 22.3 Å². The number of benzene rings is 2. The number of fused-ring (bicyclic) bond motifs is 2. The zero-order valence-electron chi connectivity index (χ0n) is 14.0. The van der Waals surface area contributed by atoms with E-state index in [1.54, 1.807) is 0 Å². The van der Waals surface area contributed by atoms with Crippen LogP contribution in [0.1, 0.15) is 41.1 Å². The van der Waals surface area contributed by atoms with E-state index in [4.69, 9.17) is 0 Å². The van der Waals surface area contributed by atoms with Crippen molar-refractivity contribution in [2.75, 3.05) is 13.1 Å². The molecule has 1 aliphatic heterocycles. The highest BCUT2D eigenvalue weighted by Gasteiger charge is 2.23. The fourth-order valence-corrected chi connectivity index (χ4v) is 4.04. The van der Waals surface area contributed by atoms with Gasteiger partial charge in [0.05, 0.1) is 12.6 Å². The number of hydrogen-bond acceptors (Lipinski definition) is 2. The summed E-state index contributed by atoms with van der Waals surface area (Å²) in [6.45, 7) is 2.34. The number of aryl methyl sites for hydroxylation is 1. The van der Waals surface area contributed by atoms with Crippen molar-refractivity contribution < 1.29 is 4.79 Å². The molecule has 1 aliphatic carbocycles. The van der Waals surface area contributed by atoms with Crippen LogP contribution in [0.15, 0.2) is 48.5 Å². The molecule has 0 fully saturated rings. The largest absolute Gasteiger partial charge is 0.348 e. The van der Waals surface area contributed by atoms with E-state index in [-0.39, 0.29) is 11.9 Å². The van der Waals surface area contributed by atoms with Gasteiger partial charge in [0.2, 0.25) is 5.91 Å². The zero-order chi connectivity index (χ0) is 16.4. The molecule has 4 rings (SSSR count). The molecule has 24 heavy (non-hydrogen) atoms. The van der Waals surface area contributed by atoms with Crippen LogP contribution in [0.25, 0.3) is 0 Å². The average molecular weight is 320 g/mol. The first-order valence-corrected chi connectivity index (χ1v) is 8.96. The molecule has 1 N–H and O–H groups in total. The van der Waals surface area contributed by atoms with Gasteiger partial charge in [0.15, 0.2) is 0 Å². The maximum atomic E-state index is 12.5. The number of nitrogens with one attached hydrogen (secondary N) is 1. The Labute approximate surface area is 143 Å². The van der Waals surface area contributed by atoms with Gasteiger partial charge in [0.25, 0.3) is 0 Å². The molecule has 0 spiro atoms. The Balaban J connectivity index is 1.38. The molecule has 2 aliphatic rings. The summed E-state index contributed by atoms with van der Waals surface area (Å²) in [5.41, 5.74) is 5.48. The summed E-state index contributed by atoms with van der Waals surface area (Å²) < 4.78 is 0. The fourth-order valence-electron chi connectivity index (χ4n) is 4.04. The third kappa shape index (κ3) is 3.22. The molecule has 2 aromatic carbocycles. The molecule has 3 nitrogen and oxygen atoms in total. The molecule has 1 amide bonds. The van der Waals surface area contributed by atoms with Gasteiger partial charge >= 0.3 is 0 Å². The number of nitrogens with zero attached hydrogens (tertiary/aromatic N) is 1. The molecule has 0 saturated heterocycles. The Morgan fingerprint density at radius 2 is 1.75 bits per heavy atom. The topological polar surface area (TPSA) is 32.3 Å². The highest BCUT2D eigenvalue weighted by atomic mass is 16.2. The molecule has 0 saturated carbocycles. The van der Waals surface area contributed by atoms with Crippen LogP contribution in [-0.4, -0.2) is 23.9 Å². The van der Waals surface area contributed by atoms with Crippen molar-refractivity contribution in [3.63, 3.8) is 0 Å². The van der Waals surface area contributed by atoms with Crippen molar-refractivity contribution in [3.8, 4) is 0 Å². The summed E-state index contributed by atoms with van der Waals surface area (Å²) in [6.07, 6.45) is 4.37. The third-order valence-electron chi connectivity index (χ3n) is 5.28. The first kappa shape index (κ1) is 15.4. The van der Waals surface area contributed by atoms with Crippen molar-refractivity contribution in [3.05, 3.63) is 70.8 Å². The van der Waals surface area contributed by atoms with E-state index in [1.807, 2.05) is 0 Å². The predicted octanol–water partition coefficient (Wildman–Crippen LogP) is 3.24. The van der Waals surface area contributed by atoms with E-state index in [0.29, 0.717) is 6.54 Å². The molecule has 0 radical (unpaired) electrons. The van der Waals surface area contributed by atoms with Crippen molar-refractivity contribution in [1.82, 2.24) is 10.2 Å². The Bertz CT molecular complexity index is 740. The molecule has 2 aromatic rings.